The molecule has 1 N–H and O–H groups in total. The van der Waals surface area contributed by atoms with Crippen LogP contribution < -0.4 is 5.32 Å². The molecule has 1 unspecified atom stereocenters. The number of rotatable bonds is 4. The first-order chi connectivity index (χ1) is 8.93. The summed E-state index contributed by atoms with van der Waals surface area (Å²) in [6.45, 7) is 0. The molecule has 0 spiro atoms. The van der Waals surface area contributed by atoms with Gasteiger partial charge in [-0.1, -0.05) is 38.2 Å². The average Bonchev–Trinajstić information content (AvgIpc) is 3.03. The summed E-state index contributed by atoms with van der Waals surface area (Å²) >= 11 is 1.93. The van der Waals surface area contributed by atoms with Crippen molar-refractivity contribution in [3.63, 3.8) is 0 Å². The third kappa shape index (κ3) is 3.36. The maximum atomic E-state index is 4.00. The second-order valence-electron chi connectivity index (χ2n) is 6.04. The molecular formula is C16H25NS. The van der Waals surface area contributed by atoms with Crippen LogP contribution in [0.4, 0.5) is 0 Å². The molecule has 0 amide bonds. The summed E-state index contributed by atoms with van der Waals surface area (Å²) in [5.41, 5.74) is 0. The SMILES string of the molecule is c1csc(C(NC2CCCCCCC2)C2CC2)c1. The lowest BCUT2D eigenvalue weighted by Crippen LogP contribution is -2.34. The second-order valence-corrected chi connectivity index (χ2v) is 7.02. The predicted octanol–water partition coefficient (Wildman–Crippen LogP) is 4.90. The molecule has 2 saturated carbocycles. The molecule has 18 heavy (non-hydrogen) atoms. The van der Waals surface area contributed by atoms with Gasteiger partial charge >= 0.3 is 0 Å². The standard InChI is InChI=1S/C16H25NS/c1-2-4-7-14(8-5-3-1)17-16(13-10-11-13)15-9-6-12-18-15/h6,9,12-14,16-17H,1-5,7-8,10-11H2. The highest BCUT2D eigenvalue weighted by atomic mass is 32.1. The molecule has 2 aliphatic rings. The van der Waals surface area contributed by atoms with E-state index in [1.54, 1.807) is 4.88 Å². The molecule has 1 atom stereocenters. The fraction of sp³-hybridized carbons (Fsp3) is 0.750. The first-order valence-corrected chi connectivity index (χ1v) is 8.61. The molecular weight excluding hydrogens is 238 g/mol. The highest BCUT2D eigenvalue weighted by molar-refractivity contribution is 7.10. The Morgan fingerprint density at radius 1 is 1.00 bits per heavy atom. The van der Waals surface area contributed by atoms with Crippen LogP contribution >= 0.6 is 11.3 Å². The predicted molar refractivity (Wildman–Crippen MR) is 79.0 cm³/mol. The van der Waals surface area contributed by atoms with Gasteiger partial charge in [-0.3, -0.25) is 0 Å². The molecule has 1 aromatic heterocycles. The highest BCUT2D eigenvalue weighted by Crippen LogP contribution is 2.43. The van der Waals surface area contributed by atoms with E-state index in [-0.39, 0.29) is 0 Å². The molecule has 1 heterocycles. The minimum atomic E-state index is 0.662. The van der Waals surface area contributed by atoms with Crippen LogP contribution in [0.2, 0.25) is 0 Å². The van der Waals surface area contributed by atoms with Crippen molar-refractivity contribution >= 4 is 11.3 Å². The smallest absolute Gasteiger partial charge is 0.0445 e. The van der Waals surface area contributed by atoms with Crippen molar-refractivity contribution in [1.29, 1.82) is 0 Å². The van der Waals surface area contributed by atoms with Crippen LogP contribution in [0.3, 0.4) is 0 Å². The Labute approximate surface area is 115 Å². The fourth-order valence-electron chi connectivity index (χ4n) is 3.23. The zero-order valence-corrected chi connectivity index (χ0v) is 12.1. The van der Waals surface area contributed by atoms with Gasteiger partial charge in [0.2, 0.25) is 0 Å². The molecule has 2 aliphatic carbocycles. The van der Waals surface area contributed by atoms with Crippen molar-refractivity contribution in [2.24, 2.45) is 5.92 Å². The summed E-state index contributed by atoms with van der Waals surface area (Å²) in [6, 6.07) is 5.96. The fourth-order valence-corrected chi connectivity index (χ4v) is 4.10. The molecule has 100 valence electrons. The van der Waals surface area contributed by atoms with Gasteiger partial charge in [-0.2, -0.15) is 0 Å². The number of hydrogen-bond donors (Lipinski definition) is 1. The van der Waals surface area contributed by atoms with Gasteiger partial charge < -0.3 is 5.32 Å². The first kappa shape index (κ1) is 12.7. The topological polar surface area (TPSA) is 12.0 Å². The molecule has 0 bridgehead atoms. The highest BCUT2D eigenvalue weighted by Gasteiger charge is 2.34. The molecule has 0 radical (unpaired) electrons. The minimum Gasteiger partial charge on any atom is -0.306 e. The Balaban J connectivity index is 1.61. The van der Waals surface area contributed by atoms with E-state index in [1.807, 2.05) is 11.3 Å². The summed E-state index contributed by atoms with van der Waals surface area (Å²) in [6.07, 6.45) is 12.9. The van der Waals surface area contributed by atoms with Crippen molar-refractivity contribution in [1.82, 2.24) is 5.32 Å². The molecule has 1 nitrogen and oxygen atoms in total. The van der Waals surface area contributed by atoms with Gasteiger partial charge in [-0.15, -0.1) is 11.3 Å². The summed E-state index contributed by atoms with van der Waals surface area (Å²) in [5, 5.41) is 6.23. The molecule has 2 heteroatoms. The minimum absolute atomic E-state index is 0.662. The van der Waals surface area contributed by atoms with E-state index in [1.165, 1.54) is 57.8 Å². The van der Waals surface area contributed by atoms with Crippen LogP contribution in [-0.2, 0) is 0 Å². The molecule has 0 aliphatic heterocycles. The Kier molecular flexibility index (Phi) is 4.37. The van der Waals surface area contributed by atoms with Gasteiger partial charge in [0.05, 0.1) is 0 Å². The van der Waals surface area contributed by atoms with Crippen molar-refractivity contribution in [3.8, 4) is 0 Å². The van der Waals surface area contributed by atoms with Crippen LogP contribution in [-0.4, -0.2) is 6.04 Å². The Bertz CT molecular complexity index is 334. The van der Waals surface area contributed by atoms with Crippen LogP contribution in [0.15, 0.2) is 17.5 Å². The monoisotopic (exact) mass is 263 g/mol. The lowest BCUT2D eigenvalue weighted by atomic mass is 9.95. The molecule has 0 saturated heterocycles. The second kappa shape index (κ2) is 6.21. The number of thiophene rings is 1. The van der Waals surface area contributed by atoms with Gasteiger partial charge in [-0.05, 0) is 43.0 Å². The third-order valence-corrected chi connectivity index (χ3v) is 5.42. The van der Waals surface area contributed by atoms with Crippen LogP contribution in [0.25, 0.3) is 0 Å². The number of hydrogen-bond acceptors (Lipinski definition) is 2. The van der Waals surface area contributed by atoms with Gasteiger partial charge in [-0.25, -0.2) is 0 Å². The summed E-state index contributed by atoms with van der Waals surface area (Å²) < 4.78 is 0. The van der Waals surface area contributed by atoms with E-state index in [0.29, 0.717) is 6.04 Å². The Morgan fingerprint density at radius 3 is 2.33 bits per heavy atom. The Hall–Kier alpha value is -0.340. The molecule has 0 aromatic carbocycles. The van der Waals surface area contributed by atoms with Gasteiger partial charge in [0.25, 0.3) is 0 Å². The van der Waals surface area contributed by atoms with Crippen molar-refractivity contribution in [3.05, 3.63) is 22.4 Å². The lowest BCUT2D eigenvalue weighted by molar-refractivity contribution is 0.339. The van der Waals surface area contributed by atoms with E-state index in [9.17, 15) is 0 Å². The van der Waals surface area contributed by atoms with E-state index >= 15 is 0 Å². The van der Waals surface area contributed by atoms with E-state index in [4.69, 9.17) is 0 Å². The van der Waals surface area contributed by atoms with Crippen molar-refractivity contribution in [2.75, 3.05) is 0 Å². The van der Waals surface area contributed by atoms with Crippen LogP contribution in [0.5, 0.6) is 0 Å². The van der Waals surface area contributed by atoms with Crippen molar-refractivity contribution in [2.45, 2.75) is 69.9 Å². The van der Waals surface area contributed by atoms with Gasteiger partial charge in [0.15, 0.2) is 0 Å². The summed E-state index contributed by atoms with van der Waals surface area (Å²) in [5.74, 6) is 0.925. The normalized spacial score (nSPS) is 24.4. The molecule has 1 aromatic rings. The lowest BCUT2D eigenvalue weighted by Gasteiger charge is -2.26. The summed E-state index contributed by atoms with van der Waals surface area (Å²) in [7, 11) is 0. The van der Waals surface area contributed by atoms with E-state index in [0.717, 1.165) is 12.0 Å². The van der Waals surface area contributed by atoms with Gasteiger partial charge in [0, 0.05) is 17.0 Å². The van der Waals surface area contributed by atoms with E-state index in [2.05, 4.69) is 22.8 Å². The zero-order chi connectivity index (χ0) is 12.2. The van der Waals surface area contributed by atoms with Crippen LogP contribution in [0.1, 0.15) is 68.7 Å². The van der Waals surface area contributed by atoms with Crippen molar-refractivity contribution < 1.29 is 0 Å². The average molecular weight is 263 g/mol. The Morgan fingerprint density at radius 2 is 1.72 bits per heavy atom. The maximum Gasteiger partial charge on any atom is 0.0445 e. The maximum absolute atomic E-state index is 4.00. The number of nitrogens with one attached hydrogen (secondary N) is 1. The van der Waals surface area contributed by atoms with Gasteiger partial charge in [0.1, 0.15) is 0 Å². The first-order valence-electron chi connectivity index (χ1n) is 7.73. The largest absolute Gasteiger partial charge is 0.306 e. The summed E-state index contributed by atoms with van der Waals surface area (Å²) in [4.78, 5) is 1.57. The third-order valence-electron chi connectivity index (χ3n) is 4.46. The van der Waals surface area contributed by atoms with Crippen LogP contribution in [0, 0.1) is 5.92 Å². The molecule has 3 rings (SSSR count). The van der Waals surface area contributed by atoms with E-state index < -0.39 is 0 Å². The zero-order valence-electron chi connectivity index (χ0n) is 11.2. The quantitative estimate of drug-likeness (QED) is 0.814. The molecule has 2 fully saturated rings.